The van der Waals surface area contributed by atoms with Gasteiger partial charge in [-0.1, -0.05) is 6.07 Å². The lowest BCUT2D eigenvalue weighted by Crippen LogP contribution is -2.52. The van der Waals surface area contributed by atoms with Crippen molar-refractivity contribution in [1.29, 1.82) is 0 Å². The molecule has 0 radical (unpaired) electrons. The van der Waals surface area contributed by atoms with Gasteiger partial charge in [0.2, 0.25) is 0 Å². The van der Waals surface area contributed by atoms with Crippen molar-refractivity contribution >= 4 is 11.8 Å². The van der Waals surface area contributed by atoms with E-state index < -0.39 is 0 Å². The number of hydrogen-bond acceptors (Lipinski definition) is 5. The molecule has 3 heterocycles. The highest BCUT2D eigenvalue weighted by Crippen LogP contribution is 2.29. The molecule has 160 valence electrons. The van der Waals surface area contributed by atoms with Crippen LogP contribution < -0.4 is 15.0 Å². The molecule has 2 aliphatic rings. The third-order valence-corrected chi connectivity index (χ3v) is 5.28. The van der Waals surface area contributed by atoms with Crippen LogP contribution in [0.1, 0.15) is 18.1 Å². The Morgan fingerprint density at radius 3 is 2.87 bits per heavy atom. The van der Waals surface area contributed by atoms with Crippen LogP contribution in [0.5, 0.6) is 5.75 Å². The van der Waals surface area contributed by atoms with Crippen LogP contribution in [0.25, 0.3) is 0 Å². The summed E-state index contributed by atoms with van der Waals surface area (Å²) in [7, 11) is 0. The lowest BCUT2D eigenvalue weighted by molar-refractivity contribution is -0.0172. The van der Waals surface area contributed by atoms with Crippen molar-refractivity contribution < 1.29 is 13.9 Å². The van der Waals surface area contributed by atoms with Crippen molar-refractivity contribution in [2.75, 3.05) is 51.0 Å². The molecule has 7 nitrogen and oxygen atoms in total. The quantitative estimate of drug-likeness (QED) is 0.600. The number of piperazine rings is 1. The summed E-state index contributed by atoms with van der Waals surface area (Å²) in [5, 5.41) is 3.38. The second-order valence-electron chi connectivity index (χ2n) is 7.31. The van der Waals surface area contributed by atoms with E-state index >= 15 is 0 Å². The number of halogens is 1. The second-order valence-corrected chi connectivity index (χ2v) is 7.31. The van der Waals surface area contributed by atoms with Gasteiger partial charge < -0.3 is 24.6 Å². The lowest BCUT2D eigenvalue weighted by Gasteiger charge is -2.37. The van der Waals surface area contributed by atoms with Crippen LogP contribution in [0, 0.1) is 5.82 Å². The molecule has 4 rings (SSSR count). The van der Waals surface area contributed by atoms with E-state index in [0.29, 0.717) is 19.6 Å². The van der Waals surface area contributed by atoms with Gasteiger partial charge in [0.05, 0.1) is 6.61 Å². The average molecular weight is 413 g/mol. The molecule has 2 aliphatic heterocycles. The lowest BCUT2D eigenvalue weighted by atomic mass is 10.1. The number of nitrogens with zero attached hydrogens (tertiary/aromatic N) is 4. The molecule has 1 aromatic carbocycles. The van der Waals surface area contributed by atoms with Gasteiger partial charge in [0.15, 0.2) is 12.8 Å². The first kappa shape index (κ1) is 20.4. The standard InChI is InChI=1S/C22H28FN5O2/c1-2-24-22(28-11-9-27(10-12-28)20-5-3-4-7-25-20)26-8-6-17-13-19(23)14-18-15-29-16-30-21(17)18/h3-5,7,13-14H,2,6,8-12,15-16H2,1H3,(H,24,26). The molecule has 0 bridgehead atoms. The summed E-state index contributed by atoms with van der Waals surface area (Å²) >= 11 is 0. The predicted molar refractivity (Wildman–Crippen MR) is 114 cm³/mol. The van der Waals surface area contributed by atoms with Gasteiger partial charge in [0.25, 0.3) is 0 Å². The summed E-state index contributed by atoms with van der Waals surface area (Å²) in [6.45, 7) is 7.55. The van der Waals surface area contributed by atoms with Crippen LogP contribution in [0.2, 0.25) is 0 Å². The van der Waals surface area contributed by atoms with Crippen LogP contribution in [-0.4, -0.2) is 61.9 Å². The maximum Gasteiger partial charge on any atom is 0.194 e. The van der Waals surface area contributed by atoms with E-state index in [2.05, 4.69) is 27.0 Å². The minimum Gasteiger partial charge on any atom is -0.467 e. The zero-order valence-corrected chi connectivity index (χ0v) is 17.3. The van der Waals surface area contributed by atoms with Crippen molar-refractivity contribution in [3.63, 3.8) is 0 Å². The summed E-state index contributed by atoms with van der Waals surface area (Å²) in [6, 6.07) is 9.01. The van der Waals surface area contributed by atoms with Gasteiger partial charge in [-0.05, 0) is 43.2 Å². The Morgan fingerprint density at radius 1 is 1.23 bits per heavy atom. The molecule has 1 aromatic heterocycles. The van der Waals surface area contributed by atoms with Gasteiger partial charge in [0.1, 0.15) is 17.4 Å². The summed E-state index contributed by atoms with van der Waals surface area (Å²) < 4.78 is 24.8. The number of rotatable bonds is 5. The van der Waals surface area contributed by atoms with E-state index in [-0.39, 0.29) is 12.6 Å². The fraction of sp³-hybridized carbons (Fsp3) is 0.455. The molecule has 0 saturated carbocycles. The number of guanidine groups is 1. The molecule has 1 fully saturated rings. The Morgan fingerprint density at radius 2 is 2.10 bits per heavy atom. The first-order chi connectivity index (χ1) is 14.7. The minimum absolute atomic E-state index is 0.206. The van der Waals surface area contributed by atoms with E-state index in [1.54, 1.807) is 0 Å². The highest BCUT2D eigenvalue weighted by Gasteiger charge is 2.21. The molecule has 0 aliphatic carbocycles. The highest BCUT2D eigenvalue weighted by atomic mass is 19.1. The van der Waals surface area contributed by atoms with E-state index in [4.69, 9.17) is 14.5 Å². The summed E-state index contributed by atoms with van der Waals surface area (Å²) in [5.41, 5.74) is 1.60. The maximum atomic E-state index is 14.0. The van der Waals surface area contributed by atoms with E-state index in [9.17, 15) is 4.39 Å². The van der Waals surface area contributed by atoms with Crippen LogP contribution in [0.15, 0.2) is 41.5 Å². The topological polar surface area (TPSA) is 62.2 Å². The molecule has 1 saturated heterocycles. The molecule has 0 amide bonds. The Hall–Kier alpha value is -2.87. The van der Waals surface area contributed by atoms with Crippen LogP contribution >= 0.6 is 0 Å². The number of pyridine rings is 1. The van der Waals surface area contributed by atoms with E-state index in [0.717, 1.165) is 61.4 Å². The number of fused-ring (bicyclic) bond motifs is 1. The second kappa shape index (κ2) is 9.75. The fourth-order valence-corrected chi connectivity index (χ4v) is 3.84. The number of aliphatic imine (C=N–C) groups is 1. The first-order valence-electron chi connectivity index (χ1n) is 10.5. The van der Waals surface area contributed by atoms with E-state index in [1.165, 1.54) is 12.1 Å². The highest BCUT2D eigenvalue weighted by molar-refractivity contribution is 5.80. The van der Waals surface area contributed by atoms with Gasteiger partial charge in [-0.15, -0.1) is 0 Å². The zero-order chi connectivity index (χ0) is 20.8. The Labute approximate surface area is 176 Å². The molecule has 30 heavy (non-hydrogen) atoms. The summed E-state index contributed by atoms with van der Waals surface area (Å²) in [4.78, 5) is 13.8. The van der Waals surface area contributed by atoms with Crippen molar-refractivity contribution in [3.8, 4) is 5.75 Å². The molecule has 1 N–H and O–H groups in total. The van der Waals surface area contributed by atoms with Gasteiger partial charge in [0, 0.05) is 51.0 Å². The number of hydrogen-bond donors (Lipinski definition) is 1. The molecule has 0 spiro atoms. The number of aromatic nitrogens is 1. The fourth-order valence-electron chi connectivity index (χ4n) is 3.84. The minimum atomic E-state index is -0.264. The number of benzene rings is 1. The largest absolute Gasteiger partial charge is 0.467 e. The zero-order valence-electron chi connectivity index (χ0n) is 17.3. The van der Waals surface area contributed by atoms with Crippen molar-refractivity contribution in [2.24, 2.45) is 4.99 Å². The van der Waals surface area contributed by atoms with Crippen LogP contribution in [0.4, 0.5) is 10.2 Å². The van der Waals surface area contributed by atoms with Crippen molar-refractivity contribution in [3.05, 3.63) is 53.5 Å². The van der Waals surface area contributed by atoms with Gasteiger partial charge in [-0.25, -0.2) is 9.37 Å². The van der Waals surface area contributed by atoms with Gasteiger partial charge >= 0.3 is 0 Å². The SMILES string of the molecule is CCNC(=NCCc1cc(F)cc2c1OCOC2)N1CCN(c2ccccn2)CC1. The molecule has 8 heteroatoms. The van der Waals surface area contributed by atoms with Crippen LogP contribution in [0.3, 0.4) is 0 Å². The molecular formula is C22H28FN5O2. The van der Waals surface area contributed by atoms with E-state index in [1.807, 2.05) is 24.4 Å². The smallest absolute Gasteiger partial charge is 0.194 e. The molecular weight excluding hydrogens is 385 g/mol. The number of anilines is 1. The van der Waals surface area contributed by atoms with Crippen LogP contribution in [-0.2, 0) is 17.8 Å². The maximum absolute atomic E-state index is 14.0. The first-order valence-corrected chi connectivity index (χ1v) is 10.5. The normalized spacial score (nSPS) is 16.8. The molecule has 0 atom stereocenters. The van der Waals surface area contributed by atoms with Crippen molar-refractivity contribution in [2.45, 2.75) is 20.0 Å². The summed E-state index contributed by atoms with van der Waals surface area (Å²) in [5.74, 6) is 2.39. The molecule has 2 aromatic rings. The Balaban J connectivity index is 1.39. The third-order valence-electron chi connectivity index (χ3n) is 5.28. The monoisotopic (exact) mass is 413 g/mol. The Bertz CT molecular complexity index is 869. The average Bonchev–Trinajstić information content (AvgIpc) is 2.79. The van der Waals surface area contributed by atoms with Gasteiger partial charge in [-0.3, -0.25) is 4.99 Å². The third kappa shape index (κ3) is 4.81. The van der Waals surface area contributed by atoms with Crippen molar-refractivity contribution in [1.82, 2.24) is 15.2 Å². The van der Waals surface area contributed by atoms with Gasteiger partial charge in [-0.2, -0.15) is 0 Å². The Kier molecular flexibility index (Phi) is 6.63. The predicted octanol–water partition coefficient (Wildman–Crippen LogP) is 2.42. The molecule has 0 unspecified atom stereocenters. The number of nitrogens with one attached hydrogen (secondary N) is 1. The number of ether oxygens (including phenoxy) is 2. The summed E-state index contributed by atoms with van der Waals surface area (Å²) in [6.07, 6.45) is 2.44.